The normalized spacial score (nSPS) is 14.7. The van der Waals surface area contributed by atoms with Gasteiger partial charge in [0, 0.05) is 32.2 Å². The number of carboxylic acids is 1. The number of benzene rings is 1. The number of likely N-dealkylation sites (tertiary alicyclic amines) is 1. The molecule has 0 saturated carbocycles. The topological polar surface area (TPSA) is 156 Å². The average Bonchev–Trinajstić information content (AvgIpc) is 2.89. The van der Waals surface area contributed by atoms with Crippen LogP contribution in [0.3, 0.4) is 0 Å². The van der Waals surface area contributed by atoms with E-state index in [-0.39, 0.29) is 62.9 Å². The summed E-state index contributed by atoms with van der Waals surface area (Å²) in [5.41, 5.74) is 4.16. The van der Waals surface area contributed by atoms with Gasteiger partial charge in [0.25, 0.3) is 0 Å². The van der Waals surface area contributed by atoms with Crippen LogP contribution in [0.15, 0.2) is 24.3 Å². The van der Waals surface area contributed by atoms with Gasteiger partial charge in [0.2, 0.25) is 17.7 Å². The monoisotopic (exact) mass is 522 g/mol. The van der Waals surface area contributed by atoms with Crippen LogP contribution in [0.4, 0.5) is 5.69 Å². The highest BCUT2D eigenvalue weighted by Crippen LogP contribution is 2.17. The molecule has 1 fully saturated rings. The lowest BCUT2D eigenvalue weighted by Crippen LogP contribution is -2.41. The maximum absolute atomic E-state index is 12.3. The van der Waals surface area contributed by atoms with Crippen LogP contribution in [-0.4, -0.2) is 86.3 Å². The van der Waals surface area contributed by atoms with Gasteiger partial charge in [0.1, 0.15) is 6.04 Å². The minimum Gasteiger partial charge on any atom is -0.481 e. The minimum atomic E-state index is -0.804. The van der Waals surface area contributed by atoms with Crippen LogP contribution in [0.1, 0.15) is 38.2 Å². The van der Waals surface area contributed by atoms with E-state index >= 15 is 0 Å². The maximum atomic E-state index is 12.3. The Hall–Kier alpha value is -3.06. The van der Waals surface area contributed by atoms with Crippen molar-refractivity contribution in [2.75, 3.05) is 51.9 Å². The Morgan fingerprint density at radius 3 is 2.22 bits per heavy atom. The number of anilines is 1. The summed E-state index contributed by atoms with van der Waals surface area (Å²) in [6, 6.07) is 6.48. The van der Waals surface area contributed by atoms with E-state index in [9.17, 15) is 19.2 Å². The van der Waals surface area contributed by atoms with Crippen molar-refractivity contribution >= 4 is 29.4 Å². The van der Waals surface area contributed by atoms with Gasteiger partial charge in [-0.05, 0) is 37.5 Å². The first-order chi connectivity index (χ1) is 17.8. The van der Waals surface area contributed by atoms with Gasteiger partial charge in [-0.25, -0.2) is 5.48 Å². The van der Waals surface area contributed by atoms with Crippen LogP contribution in [0, 0.1) is 5.92 Å². The number of carboxylic acid groups (broad SMARTS) is 1. The van der Waals surface area contributed by atoms with Gasteiger partial charge in [-0.3, -0.25) is 24.0 Å². The molecule has 0 radical (unpaired) electrons. The zero-order valence-corrected chi connectivity index (χ0v) is 21.5. The SMILES string of the molecule is CNOCc1ccc(NC(=O)[C@@H](C)NC(=O)CCOCCOCCC(=O)N2CCC(C(=O)O)CC2)cc1. The highest BCUT2D eigenvalue weighted by molar-refractivity contribution is 5.96. The van der Waals surface area contributed by atoms with E-state index in [2.05, 4.69) is 16.1 Å². The number of hydroxylamine groups is 1. The first kappa shape index (κ1) is 30.2. The predicted octanol–water partition coefficient (Wildman–Crippen LogP) is 0.917. The van der Waals surface area contributed by atoms with E-state index in [1.54, 1.807) is 31.0 Å². The maximum Gasteiger partial charge on any atom is 0.306 e. The van der Waals surface area contributed by atoms with Crippen LogP contribution in [0.25, 0.3) is 0 Å². The third-order valence-electron chi connectivity index (χ3n) is 5.88. The molecule has 12 heteroatoms. The van der Waals surface area contributed by atoms with Crippen LogP contribution in [0.5, 0.6) is 0 Å². The Morgan fingerprint density at radius 2 is 1.62 bits per heavy atom. The molecule has 206 valence electrons. The molecule has 1 saturated heterocycles. The quantitative estimate of drug-likeness (QED) is 0.183. The molecular formula is C25H38N4O8. The molecule has 1 aliphatic heterocycles. The van der Waals surface area contributed by atoms with E-state index in [0.717, 1.165) is 5.56 Å². The summed E-state index contributed by atoms with van der Waals surface area (Å²) in [7, 11) is 1.68. The molecule has 1 aliphatic rings. The molecule has 0 bridgehead atoms. The van der Waals surface area contributed by atoms with Crippen LogP contribution in [-0.2, 0) is 40.1 Å². The van der Waals surface area contributed by atoms with Crippen molar-refractivity contribution in [1.29, 1.82) is 0 Å². The standard InChI is InChI=1S/C25H38N4O8/c1-18(24(32)28-21-5-3-19(4-6-21)17-37-26-2)27-22(30)9-13-35-15-16-36-14-10-23(31)29-11-7-20(8-12-29)25(33)34/h3-6,18,20,26H,7-17H2,1-2H3,(H,27,30)(H,28,32)(H,33,34)/t18-/m1/s1. The van der Waals surface area contributed by atoms with Gasteiger partial charge in [-0.2, -0.15) is 0 Å². The lowest BCUT2D eigenvalue weighted by molar-refractivity contribution is -0.146. The number of amides is 3. The van der Waals surface area contributed by atoms with Gasteiger partial charge in [-0.15, -0.1) is 0 Å². The number of aliphatic carboxylic acids is 1. The van der Waals surface area contributed by atoms with Crippen molar-refractivity contribution in [3.63, 3.8) is 0 Å². The fraction of sp³-hybridized carbons (Fsp3) is 0.600. The van der Waals surface area contributed by atoms with E-state index in [4.69, 9.17) is 19.4 Å². The third-order valence-corrected chi connectivity index (χ3v) is 5.88. The Balaban J connectivity index is 1.49. The van der Waals surface area contributed by atoms with Crippen molar-refractivity contribution in [2.45, 2.75) is 45.3 Å². The number of rotatable bonds is 16. The lowest BCUT2D eigenvalue weighted by Gasteiger charge is -2.30. The molecule has 0 unspecified atom stereocenters. The average molecular weight is 523 g/mol. The predicted molar refractivity (Wildman–Crippen MR) is 134 cm³/mol. The molecular weight excluding hydrogens is 484 g/mol. The van der Waals surface area contributed by atoms with Crippen molar-refractivity contribution < 1.29 is 38.6 Å². The molecule has 1 aromatic carbocycles. The molecule has 2 rings (SSSR count). The Bertz CT molecular complexity index is 872. The third kappa shape index (κ3) is 11.7. The summed E-state index contributed by atoms with van der Waals surface area (Å²) >= 11 is 0. The molecule has 37 heavy (non-hydrogen) atoms. The highest BCUT2D eigenvalue weighted by Gasteiger charge is 2.26. The summed E-state index contributed by atoms with van der Waals surface area (Å²) < 4.78 is 10.8. The second-order valence-corrected chi connectivity index (χ2v) is 8.69. The first-order valence-corrected chi connectivity index (χ1v) is 12.4. The second kappa shape index (κ2) is 16.6. The summed E-state index contributed by atoms with van der Waals surface area (Å²) in [4.78, 5) is 54.3. The number of hydrogen-bond donors (Lipinski definition) is 4. The van der Waals surface area contributed by atoms with Crippen molar-refractivity contribution in [2.24, 2.45) is 5.92 Å². The molecule has 1 atom stereocenters. The smallest absolute Gasteiger partial charge is 0.306 e. The second-order valence-electron chi connectivity index (χ2n) is 8.69. The van der Waals surface area contributed by atoms with Gasteiger partial charge in [0.05, 0.1) is 45.4 Å². The number of nitrogens with one attached hydrogen (secondary N) is 3. The van der Waals surface area contributed by atoms with Gasteiger partial charge in [0.15, 0.2) is 0 Å². The van der Waals surface area contributed by atoms with Crippen LogP contribution in [0.2, 0.25) is 0 Å². The van der Waals surface area contributed by atoms with E-state index < -0.39 is 12.0 Å². The molecule has 1 aromatic rings. The number of hydrogen-bond acceptors (Lipinski definition) is 8. The molecule has 0 spiro atoms. The minimum absolute atomic E-state index is 0.0456. The van der Waals surface area contributed by atoms with Crippen molar-refractivity contribution in [3.05, 3.63) is 29.8 Å². The number of ether oxygens (including phenoxy) is 2. The van der Waals surface area contributed by atoms with E-state index in [1.807, 2.05) is 12.1 Å². The van der Waals surface area contributed by atoms with Crippen LogP contribution >= 0.6 is 0 Å². The van der Waals surface area contributed by atoms with E-state index in [1.165, 1.54) is 0 Å². The molecule has 12 nitrogen and oxygen atoms in total. The molecule has 1 heterocycles. The van der Waals surface area contributed by atoms with Gasteiger partial charge < -0.3 is 30.1 Å². The fourth-order valence-corrected chi connectivity index (χ4v) is 3.65. The Kier molecular flexibility index (Phi) is 13.6. The number of piperidine rings is 1. The van der Waals surface area contributed by atoms with Crippen LogP contribution < -0.4 is 16.1 Å². The summed E-state index contributed by atoms with van der Waals surface area (Å²) in [5.74, 6) is -1.85. The largest absolute Gasteiger partial charge is 0.481 e. The summed E-state index contributed by atoms with van der Waals surface area (Å²) in [5, 5.41) is 14.4. The van der Waals surface area contributed by atoms with E-state index in [0.29, 0.717) is 38.2 Å². The fourth-order valence-electron chi connectivity index (χ4n) is 3.65. The summed E-state index contributed by atoms with van der Waals surface area (Å²) in [6.07, 6.45) is 1.29. The zero-order valence-electron chi connectivity index (χ0n) is 21.5. The Labute approximate surface area is 217 Å². The van der Waals surface area contributed by atoms with Gasteiger partial charge in [-0.1, -0.05) is 12.1 Å². The number of carbonyl (C=O) groups excluding carboxylic acids is 3. The summed E-state index contributed by atoms with van der Waals surface area (Å²) in [6.45, 7) is 3.92. The molecule has 3 amide bonds. The lowest BCUT2D eigenvalue weighted by atomic mass is 9.97. The Morgan fingerprint density at radius 1 is 1.00 bits per heavy atom. The van der Waals surface area contributed by atoms with Crippen molar-refractivity contribution in [1.82, 2.24) is 15.7 Å². The number of carbonyl (C=O) groups is 4. The zero-order chi connectivity index (χ0) is 27.0. The molecule has 0 aromatic heterocycles. The molecule has 0 aliphatic carbocycles. The number of nitrogens with zero attached hydrogens (tertiary/aromatic N) is 1. The first-order valence-electron chi connectivity index (χ1n) is 12.4. The van der Waals surface area contributed by atoms with Crippen molar-refractivity contribution in [3.8, 4) is 0 Å². The van der Waals surface area contributed by atoms with Gasteiger partial charge >= 0.3 is 5.97 Å². The highest BCUT2D eigenvalue weighted by atomic mass is 16.6. The molecule has 4 N–H and O–H groups in total.